The van der Waals surface area contributed by atoms with E-state index in [4.69, 9.17) is 4.52 Å². The van der Waals surface area contributed by atoms with E-state index < -0.39 is 11.7 Å². The molecule has 1 saturated heterocycles. The number of piperidine rings is 1. The first-order valence-electron chi connectivity index (χ1n) is 7.76. The maximum absolute atomic E-state index is 13.4. The molecule has 0 radical (unpaired) electrons. The molecular formula is C16H18F3N3O2. The molecule has 1 aliphatic heterocycles. The SMILES string of the molecule is CC1CC(F)(F)CCN1Cc1noc(=O)n1Cc1ccc(F)cc1. The summed E-state index contributed by atoms with van der Waals surface area (Å²) < 4.78 is 45.9. The molecule has 8 heteroatoms. The van der Waals surface area contributed by atoms with E-state index in [1.54, 1.807) is 19.1 Å². The summed E-state index contributed by atoms with van der Waals surface area (Å²) in [6.07, 6.45) is -0.426. The topological polar surface area (TPSA) is 51.3 Å². The van der Waals surface area contributed by atoms with Crippen molar-refractivity contribution in [1.29, 1.82) is 0 Å². The fraction of sp³-hybridized carbons (Fsp3) is 0.500. The van der Waals surface area contributed by atoms with Gasteiger partial charge in [-0.05, 0) is 24.6 Å². The van der Waals surface area contributed by atoms with Gasteiger partial charge in [0.05, 0.1) is 13.1 Å². The minimum absolute atomic E-state index is 0.191. The van der Waals surface area contributed by atoms with Gasteiger partial charge < -0.3 is 0 Å². The molecule has 0 aliphatic carbocycles. The Labute approximate surface area is 136 Å². The normalized spacial score (nSPS) is 21.1. The van der Waals surface area contributed by atoms with Gasteiger partial charge in [-0.1, -0.05) is 17.3 Å². The Hall–Kier alpha value is -2.09. The first-order chi connectivity index (χ1) is 11.3. The monoisotopic (exact) mass is 341 g/mol. The predicted octanol–water partition coefficient (Wildman–Crippen LogP) is 2.64. The summed E-state index contributed by atoms with van der Waals surface area (Å²) in [5.41, 5.74) is 0.723. The number of nitrogens with zero attached hydrogens (tertiary/aromatic N) is 3. The van der Waals surface area contributed by atoms with Gasteiger partial charge in [-0.3, -0.25) is 14.0 Å². The first-order valence-corrected chi connectivity index (χ1v) is 7.76. The summed E-state index contributed by atoms with van der Waals surface area (Å²) in [6.45, 7) is 2.40. The molecule has 0 amide bonds. The molecule has 1 unspecified atom stereocenters. The smallest absolute Gasteiger partial charge is 0.296 e. The van der Waals surface area contributed by atoms with Crippen molar-refractivity contribution in [3.05, 3.63) is 52.0 Å². The molecule has 1 fully saturated rings. The van der Waals surface area contributed by atoms with Gasteiger partial charge in [-0.15, -0.1) is 0 Å². The maximum atomic E-state index is 13.4. The van der Waals surface area contributed by atoms with E-state index in [9.17, 15) is 18.0 Å². The van der Waals surface area contributed by atoms with Crippen LogP contribution in [0.5, 0.6) is 0 Å². The number of halogens is 3. The van der Waals surface area contributed by atoms with Crippen LogP contribution in [-0.4, -0.2) is 33.1 Å². The molecule has 2 aromatic rings. The van der Waals surface area contributed by atoms with Crippen LogP contribution in [0.4, 0.5) is 13.2 Å². The van der Waals surface area contributed by atoms with E-state index in [-0.39, 0.29) is 44.3 Å². The number of rotatable bonds is 4. The van der Waals surface area contributed by atoms with Crippen LogP contribution in [0.15, 0.2) is 33.6 Å². The lowest BCUT2D eigenvalue weighted by Gasteiger charge is -2.36. The molecule has 24 heavy (non-hydrogen) atoms. The van der Waals surface area contributed by atoms with Crippen molar-refractivity contribution in [2.24, 2.45) is 0 Å². The molecule has 0 spiro atoms. The van der Waals surface area contributed by atoms with E-state index in [0.717, 1.165) is 5.56 Å². The highest BCUT2D eigenvalue weighted by atomic mass is 19.3. The number of benzene rings is 1. The van der Waals surface area contributed by atoms with Gasteiger partial charge in [0, 0.05) is 25.4 Å². The summed E-state index contributed by atoms with van der Waals surface area (Å²) in [5.74, 6) is -3.25. The van der Waals surface area contributed by atoms with Gasteiger partial charge in [0.15, 0.2) is 5.82 Å². The standard InChI is InChI=1S/C16H18F3N3O2/c1-11-8-16(18,19)6-7-21(11)10-14-20-24-15(23)22(14)9-12-2-4-13(17)5-3-12/h2-5,11H,6-10H2,1H3. The van der Waals surface area contributed by atoms with Gasteiger partial charge in [-0.2, -0.15) is 0 Å². The molecule has 3 rings (SSSR count). The molecule has 2 heterocycles. The highest BCUT2D eigenvalue weighted by Crippen LogP contribution is 2.32. The lowest BCUT2D eigenvalue weighted by molar-refractivity contribution is -0.0772. The molecule has 1 aromatic heterocycles. The number of alkyl halides is 2. The molecule has 0 saturated carbocycles. The molecule has 1 aromatic carbocycles. The first kappa shape index (κ1) is 16.8. The van der Waals surface area contributed by atoms with E-state index in [1.807, 2.05) is 4.90 Å². The van der Waals surface area contributed by atoms with Crippen molar-refractivity contribution >= 4 is 0 Å². The van der Waals surface area contributed by atoms with Crippen LogP contribution in [0.2, 0.25) is 0 Å². The van der Waals surface area contributed by atoms with Gasteiger partial charge in [0.2, 0.25) is 0 Å². The maximum Gasteiger partial charge on any atom is 0.441 e. The fourth-order valence-corrected chi connectivity index (χ4v) is 2.95. The lowest BCUT2D eigenvalue weighted by atomic mass is 10.00. The van der Waals surface area contributed by atoms with Gasteiger partial charge in [0.25, 0.3) is 5.92 Å². The molecule has 5 nitrogen and oxygen atoms in total. The van der Waals surface area contributed by atoms with Crippen LogP contribution >= 0.6 is 0 Å². The third-order valence-electron chi connectivity index (χ3n) is 4.34. The third-order valence-corrected chi connectivity index (χ3v) is 4.34. The number of hydrogen-bond donors (Lipinski definition) is 0. The van der Waals surface area contributed by atoms with E-state index in [0.29, 0.717) is 5.82 Å². The molecule has 1 atom stereocenters. The van der Waals surface area contributed by atoms with Crippen molar-refractivity contribution in [2.75, 3.05) is 6.54 Å². The Morgan fingerprint density at radius 3 is 2.67 bits per heavy atom. The van der Waals surface area contributed by atoms with E-state index in [2.05, 4.69) is 5.16 Å². The van der Waals surface area contributed by atoms with Gasteiger partial charge in [-0.25, -0.2) is 18.0 Å². The molecule has 0 N–H and O–H groups in total. The predicted molar refractivity (Wildman–Crippen MR) is 80.3 cm³/mol. The van der Waals surface area contributed by atoms with Gasteiger partial charge in [0.1, 0.15) is 5.82 Å². The second-order valence-electron chi connectivity index (χ2n) is 6.21. The molecule has 1 aliphatic rings. The largest absolute Gasteiger partial charge is 0.441 e. The summed E-state index contributed by atoms with van der Waals surface area (Å²) in [6, 6.07) is 5.44. The zero-order chi connectivity index (χ0) is 17.3. The van der Waals surface area contributed by atoms with Crippen molar-refractivity contribution in [2.45, 2.75) is 44.8 Å². The molecule has 0 bridgehead atoms. The summed E-state index contributed by atoms with van der Waals surface area (Å²) in [4.78, 5) is 13.7. The van der Waals surface area contributed by atoms with Crippen LogP contribution in [0, 0.1) is 5.82 Å². The van der Waals surface area contributed by atoms with Crippen molar-refractivity contribution < 1.29 is 17.7 Å². The van der Waals surface area contributed by atoms with Crippen LogP contribution in [-0.2, 0) is 13.1 Å². The Balaban J connectivity index is 1.75. The van der Waals surface area contributed by atoms with E-state index >= 15 is 0 Å². The minimum atomic E-state index is -2.65. The van der Waals surface area contributed by atoms with Crippen LogP contribution in [0.1, 0.15) is 31.2 Å². The second-order valence-corrected chi connectivity index (χ2v) is 6.21. The number of hydrogen-bond acceptors (Lipinski definition) is 4. The summed E-state index contributed by atoms with van der Waals surface area (Å²) >= 11 is 0. The number of likely N-dealkylation sites (tertiary alicyclic amines) is 1. The summed E-state index contributed by atoms with van der Waals surface area (Å²) in [7, 11) is 0. The zero-order valence-corrected chi connectivity index (χ0v) is 13.2. The Morgan fingerprint density at radius 2 is 2.00 bits per heavy atom. The highest BCUT2D eigenvalue weighted by molar-refractivity contribution is 5.16. The van der Waals surface area contributed by atoms with Crippen molar-refractivity contribution in [3.63, 3.8) is 0 Å². The Bertz CT molecular complexity index is 755. The molecular weight excluding hydrogens is 323 g/mol. The number of aromatic nitrogens is 2. The molecule has 130 valence electrons. The zero-order valence-electron chi connectivity index (χ0n) is 13.2. The quantitative estimate of drug-likeness (QED) is 0.858. The third kappa shape index (κ3) is 3.69. The second kappa shape index (κ2) is 6.43. The van der Waals surface area contributed by atoms with Gasteiger partial charge >= 0.3 is 5.76 Å². The van der Waals surface area contributed by atoms with Crippen LogP contribution in [0.25, 0.3) is 0 Å². The minimum Gasteiger partial charge on any atom is -0.296 e. The highest BCUT2D eigenvalue weighted by Gasteiger charge is 2.38. The lowest BCUT2D eigenvalue weighted by Crippen LogP contribution is -2.45. The van der Waals surface area contributed by atoms with Crippen molar-refractivity contribution in [1.82, 2.24) is 14.6 Å². The van der Waals surface area contributed by atoms with Crippen LogP contribution < -0.4 is 5.76 Å². The Morgan fingerprint density at radius 1 is 1.29 bits per heavy atom. The van der Waals surface area contributed by atoms with Crippen LogP contribution in [0.3, 0.4) is 0 Å². The average Bonchev–Trinajstić information content (AvgIpc) is 2.85. The van der Waals surface area contributed by atoms with Crippen molar-refractivity contribution in [3.8, 4) is 0 Å². The fourth-order valence-electron chi connectivity index (χ4n) is 2.95. The Kier molecular flexibility index (Phi) is 4.49. The van der Waals surface area contributed by atoms with E-state index in [1.165, 1.54) is 16.7 Å². The average molecular weight is 341 g/mol. The summed E-state index contributed by atoms with van der Waals surface area (Å²) in [5, 5.41) is 3.77.